The lowest BCUT2D eigenvalue weighted by molar-refractivity contribution is -0.130. The fraction of sp³-hybridized carbons (Fsp3) is 0.471. The zero-order chi connectivity index (χ0) is 17.1. The van der Waals surface area contributed by atoms with Gasteiger partial charge in [0, 0.05) is 19.0 Å². The number of nitrogens with two attached hydrogens (primary N) is 1. The summed E-state index contributed by atoms with van der Waals surface area (Å²) < 4.78 is 1.55. The van der Waals surface area contributed by atoms with Crippen LogP contribution in [-0.2, 0) is 4.79 Å². The molecule has 1 aromatic heterocycles. The highest BCUT2D eigenvalue weighted by atomic mass is 32.2. The Morgan fingerprint density at radius 1 is 1.29 bits per heavy atom. The molecule has 0 saturated heterocycles. The summed E-state index contributed by atoms with van der Waals surface area (Å²) in [7, 11) is 0. The molecule has 24 heavy (non-hydrogen) atoms. The van der Waals surface area contributed by atoms with Crippen LogP contribution in [0.2, 0.25) is 0 Å². The molecule has 1 aliphatic rings. The topological polar surface area (TPSA) is 77.0 Å². The molecular formula is C17H23N5OS. The summed E-state index contributed by atoms with van der Waals surface area (Å²) in [6.45, 7) is 5.35. The summed E-state index contributed by atoms with van der Waals surface area (Å²) in [5, 5.41) is 8.65. The van der Waals surface area contributed by atoms with Gasteiger partial charge in [-0.25, -0.2) is 4.68 Å². The van der Waals surface area contributed by atoms with Gasteiger partial charge in [0.2, 0.25) is 11.1 Å². The molecule has 1 fully saturated rings. The van der Waals surface area contributed by atoms with E-state index in [0.29, 0.717) is 24.2 Å². The zero-order valence-electron chi connectivity index (χ0n) is 14.1. The van der Waals surface area contributed by atoms with Gasteiger partial charge in [-0.1, -0.05) is 42.1 Å². The van der Waals surface area contributed by atoms with Crippen LogP contribution in [0.1, 0.15) is 49.2 Å². The first kappa shape index (κ1) is 16.8. The van der Waals surface area contributed by atoms with Crippen LogP contribution in [0, 0.1) is 0 Å². The number of hydrogen-bond acceptors (Lipinski definition) is 5. The Bertz CT molecular complexity index is 694. The molecule has 0 spiro atoms. The molecule has 2 N–H and O–H groups in total. The van der Waals surface area contributed by atoms with Gasteiger partial charge < -0.3 is 10.7 Å². The van der Waals surface area contributed by atoms with Gasteiger partial charge in [0.1, 0.15) is 5.25 Å². The van der Waals surface area contributed by atoms with Crippen molar-refractivity contribution in [1.29, 1.82) is 0 Å². The van der Waals surface area contributed by atoms with Crippen LogP contribution >= 0.6 is 11.8 Å². The van der Waals surface area contributed by atoms with Gasteiger partial charge >= 0.3 is 0 Å². The Morgan fingerprint density at radius 3 is 2.54 bits per heavy atom. The van der Waals surface area contributed by atoms with E-state index in [1.165, 1.54) is 11.8 Å². The number of rotatable bonds is 7. The monoisotopic (exact) mass is 345 g/mol. The Kier molecular flexibility index (Phi) is 5.08. The van der Waals surface area contributed by atoms with Crippen LogP contribution in [0.3, 0.4) is 0 Å². The van der Waals surface area contributed by atoms with Crippen LogP contribution < -0.4 is 5.84 Å². The van der Waals surface area contributed by atoms with Crippen LogP contribution in [0.25, 0.3) is 0 Å². The standard InChI is InChI=1S/C17H23N5OS/c1-3-21(4-2)16(23)14(12-8-6-5-7-9-12)24-17-20-19-15(22(17)18)13-10-11-13/h5-9,13-14H,3-4,10-11,18H2,1-2H3/t14-/m0/s1. The van der Waals surface area contributed by atoms with Crippen LogP contribution in [0.15, 0.2) is 35.5 Å². The minimum Gasteiger partial charge on any atom is -0.342 e. The molecule has 1 saturated carbocycles. The number of hydrogen-bond donors (Lipinski definition) is 1. The molecule has 0 radical (unpaired) electrons. The predicted molar refractivity (Wildman–Crippen MR) is 95.1 cm³/mol. The third-order valence-electron chi connectivity index (χ3n) is 4.26. The van der Waals surface area contributed by atoms with Gasteiger partial charge in [-0.15, -0.1) is 10.2 Å². The number of nitrogen functional groups attached to an aromatic ring is 1. The van der Waals surface area contributed by atoms with Crippen molar-refractivity contribution >= 4 is 17.7 Å². The molecule has 1 aliphatic carbocycles. The molecule has 0 unspecified atom stereocenters. The van der Waals surface area contributed by atoms with E-state index in [2.05, 4.69) is 10.2 Å². The Balaban J connectivity index is 1.88. The van der Waals surface area contributed by atoms with Crippen molar-refractivity contribution in [3.8, 4) is 0 Å². The number of amides is 1. The first-order valence-electron chi connectivity index (χ1n) is 8.36. The average molecular weight is 345 g/mol. The third kappa shape index (κ3) is 3.40. The maximum atomic E-state index is 13.0. The average Bonchev–Trinajstić information content (AvgIpc) is 3.38. The van der Waals surface area contributed by atoms with E-state index in [-0.39, 0.29) is 11.2 Å². The van der Waals surface area contributed by atoms with Gasteiger partial charge in [-0.2, -0.15) is 0 Å². The number of likely N-dealkylation sites (N-methyl/N-ethyl adjacent to an activating group) is 1. The summed E-state index contributed by atoms with van der Waals surface area (Å²) in [6.07, 6.45) is 2.22. The van der Waals surface area contributed by atoms with Crippen LogP contribution in [0.5, 0.6) is 0 Å². The first-order valence-corrected chi connectivity index (χ1v) is 9.24. The largest absolute Gasteiger partial charge is 0.342 e. The van der Waals surface area contributed by atoms with Crippen molar-refractivity contribution < 1.29 is 4.79 Å². The minimum absolute atomic E-state index is 0.0761. The zero-order valence-corrected chi connectivity index (χ0v) is 14.9. The summed E-state index contributed by atoms with van der Waals surface area (Å²) in [4.78, 5) is 14.8. The van der Waals surface area contributed by atoms with Crippen molar-refractivity contribution in [2.45, 2.75) is 43.0 Å². The van der Waals surface area contributed by atoms with Gasteiger partial charge in [-0.05, 0) is 32.3 Å². The second-order valence-corrected chi connectivity index (χ2v) is 6.98. The normalized spacial score (nSPS) is 15.2. The minimum atomic E-state index is -0.371. The summed E-state index contributed by atoms with van der Waals surface area (Å²) in [6, 6.07) is 9.78. The van der Waals surface area contributed by atoms with Crippen LogP contribution in [0.4, 0.5) is 0 Å². The van der Waals surface area contributed by atoms with Gasteiger partial charge in [0.15, 0.2) is 5.82 Å². The van der Waals surface area contributed by atoms with E-state index in [0.717, 1.165) is 24.2 Å². The Labute approximate surface area is 146 Å². The lowest BCUT2D eigenvalue weighted by Crippen LogP contribution is -2.34. The molecule has 6 nitrogen and oxygen atoms in total. The highest BCUT2D eigenvalue weighted by molar-refractivity contribution is 8.00. The molecule has 1 amide bonds. The third-order valence-corrected chi connectivity index (χ3v) is 5.46. The predicted octanol–water partition coefficient (Wildman–Crippen LogP) is 2.57. The van der Waals surface area contributed by atoms with Crippen molar-refractivity contribution in [2.75, 3.05) is 18.9 Å². The van der Waals surface area contributed by atoms with E-state index in [9.17, 15) is 4.79 Å². The molecule has 3 rings (SSSR count). The molecule has 1 aromatic carbocycles. The highest BCUT2D eigenvalue weighted by Gasteiger charge is 2.32. The van der Waals surface area contributed by atoms with E-state index in [1.807, 2.05) is 49.1 Å². The molecular weight excluding hydrogens is 322 g/mol. The van der Waals surface area contributed by atoms with E-state index < -0.39 is 0 Å². The van der Waals surface area contributed by atoms with Crippen molar-refractivity contribution in [2.24, 2.45) is 0 Å². The number of carbonyl (C=O) groups is 1. The summed E-state index contributed by atoms with van der Waals surface area (Å²) >= 11 is 1.37. The maximum Gasteiger partial charge on any atom is 0.240 e. The van der Waals surface area contributed by atoms with Crippen molar-refractivity contribution in [1.82, 2.24) is 19.8 Å². The summed E-state index contributed by atoms with van der Waals surface area (Å²) in [5.41, 5.74) is 0.954. The number of nitrogens with zero attached hydrogens (tertiary/aromatic N) is 4. The molecule has 1 atom stereocenters. The molecule has 2 aromatic rings. The van der Waals surface area contributed by atoms with Gasteiger partial charge in [0.05, 0.1) is 0 Å². The molecule has 7 heteroatoms. The maximum absolute atomic E-state index is 13.0. The van der Waals surface area contributed by atoms with Crippen molar-refractivity contribution in [3.63, 3.8) is 0 Å². The van der Waals surface area contributed by atoms with Gasteiger partial charge in [-0.3, -0.25) is 4.79 Å². The Morgan fingerprint density at radius 2 is 1.96 bits per heavy atom. The van der Waals surface area contributed by atoms with Crippen molar-refractivity contribution in [3.05, 3.63) is 41.7 Å². The highest BCUT2D eigenvalue weighted by Crippen LogP contribution is 2.41. The number of benzene rings is 1. The number of aromatic nitrogens is 3. The Hall–Kier alpha value is -2.02. The lowest BCUT2D eigenvalue weighted by atomic mass is 10.1. The van der Waals surface area contributed by atoms with E-state index >= 15 is 0 Å². The molecule has 0 aliphatic heterocycles. The fourth-order valence-electron chi connectivity index (χ4n) is 2.68. The SMILES string of the molecule is CCN(CC)C(=O)[C@@H](Sc1nnc(C2CC2)n1N)c1ccccc1. The molecule has 1 heterocycles. The second kappa shape index (κ2) is 7.25. The second-order valence-electron chi connectivity index (χ2n) is 5.90. The molecule has 0 bridgehead atoms. The quantitative estimate of drug-likeness (QED) is 0.616. The fourth-order valence-corrected chi connectivity index (χ4v) is 3.73. The van der Waals surface area contributed by atoms with E-state index in [1.54, 1.807) is 4.68 Å². The van der Waals surface area contributed by atoms with Crippen LogP contribution in [-0.4, -0.2) is 38.8 Å². The van der Waals surface area contributed by atoms with Gasteiger partial charge in [0.25, 0.3) is 0 Å². The molecule has 128 valence electrons. The first-order chi connectivity index (χ1) is 11.7. The summed E-state index contributed by atoms with van der Waals surface area (Å²) in [5.74, 6) is 7.47. The smallest absolute Gasteiger partial charge is 0.240 e. The van der Waals surface area contributed by atoms with E-state index in [4.69, 9.17) is 5.84 Å². The number of carbonyl (C=O) groups excluding carboxylic acids is 1. The lowest BCUT2D eigenvalue weighted by Gasteiger charge is -2.24. The number of thioether (sulfide) groups is 1.